The van der Waals surface area contributed by atoms with E-state index in [0.717, 1.165) is 30.6 Å². The molecule has 0 heterocycles. The Kier molecular flexibility index (Phi) is 5.39. The quantitative estimate of drug-likeness (QED) is 0.781. The predicted molar refractivity (Wildman–Crippen MR) is 56.5 cm³/mol. The molecule has 17 heavy (non-hydrogen) atoms. The number of hydrogen-bond donors (Lipinski definition) is 1. The molecule has 3 nitrogen and oxygen atoms in total. The third-order valence-electron chi connectivity index (χ3n) is 3.01. The fourth-order valence-electron chi connectivity index (χ4n) is 2.21. The summed E-state index contributed by atoms with van der Waals surface area (Å²) in [5, 5.41) is 8.69. The second-order valence-corrected chi connectivity index (χ2v) is 4.50. The first-order chi connectivity index (χ1) is 7.92. The summed E-state index contributed by atoms with van der Waals surface area (Å²) in [6.07, 6.45) is -0.786. The van der Waals surface area contributed by atoms with Gasteiger partial charge in [-0.15, -0.1) is 0 Å². The maximum atomic E-state index is 12.2. The highest BCUT2D eigenvalue weighted by Gasteiger charge is 2.32. The lowest BCUT2D eigenvalue weighted by Gasteiger charge is -2.23. The molecule has 1 saturated carbocycles. The molecule has 1 aliphatic rings. The standard InChI is InChI=1S/C11H18F3NO2/c12-11(13,14)8-15(5-6-16)7-10(17)9-3-1-2-4-9/h9,16H,1-8H2. The van der Waals surface area contributed by atoms with Crippen LogP contribution in [0.25, 0.3) is 0 Å². The number of rotatable bonds is 6. The van der Waals surface area contributed by atoms with E-state index in [1.165, 1.54) is 0 Å². The van der Waals surface area contributed by atoms with Gasteiger partial charge in [0.25, 0.3) is 0 Å². The number of aliphatic hydroxyl groups excluding tert-OH is 1. The van der Waals surface area contributed by atoms with Crippen LogP contribution in [0.15, 0.2) is 0 Å². The second-order valence-electron chi connectivity index (χ2n) is 4.50. The van der Waals surface area contributed by atoms with Crippen molar-refractivity contribution in [1.29, 1.82) is 0 Å². The number of ketones is 1. The van der Waals surface area contributed by atoms with Gasteiger partial charge in [0.1, 0.15) is 5.78 Å². The van der Waals surface area contributed by atoms with Gasteiger partial charge in [-0.25, -0.2) is 0 Å². The molecular formula is C11H18F3NO2. The van der Waals surface area contributed by atoms with E-state index in [1.807, 2.05) is 0 Å². The van der Waals surface area contributed by atoms with Gasteiger partial charge in [0.15, 0.2) is 0 Å². The summed E-state index contributed by atoms with van der Waals surface area (Å²) >= 11 is 0. The molecule has 1 N–H and O–H groups in total. The van der Waals surface area contributed by atoms with E-state index >= 15 is 0 Å². The topological polar surface area (TPSA) is 40.5 Å². The molecule has 1 rings (SSSR count). The van der Waals surface area contributed by atoms with Gasteiger partial charge in [-0.1, -0.05) is 12.8 Å². The van der Waals surface area contributed by atoms with Gasteiger partial charge < -0.3 is 5.11 Å². The number of hydrogen-bond acceptors (Lipinski definition) is 3. The van der Waals surface area contributed by atoms with Crippen LogP contribution in [-0.4, -0.2) is 48.2 Å². The van der Waals surface area contributed by atoms with E-state index in [-0.39, 0.29) is 31.4 Å². The van der Waals surface area contributed by atoms with E-state index in [9.17, 15) is 18.0 Å². The summed E-state index contributed by atoms with van der Waals surface area (Å²) in [6.45, 7) is -1.82. The largest absolute Gasteiger partial charge is 0.401 e. The first kappa shape index (κ1) is 14.4. The molecule has 0 radical (unpaired) electrons. The van der Waals surface area contributed by atoms with Crippen molar-refractivity contribution < 1.29 is 23.1 Å². The minimum Gasteiger partial charge on any atom is -0.395 e. The minimum atomic E-state index is -4.33. The smallest absolute Gasteiger partial charge is 0.395 e. The molecule has 6 heteroatoms. The zero-order valence-corrected chi connectivity index (χ0v) is 9.67. The Labute approximate surface area is 98.6 Å². The normalized spacial score (nSPS) is 17.9. The van der Waals surface area contributed by atoms with Crippen LogP contribution >= 0.6 is 0 Å². The average molecular weight is 253 g/mol. The number of halogens is 3. The van der Waals surface area contributed by atoms with E-state index in [1.54, 1.807) is 0 Å². The first-order valence-corrected chi connectivity index (χ1v) is 5.85. The van der Waals surface area contributed by atoms with Crippen molar-refractivity contribution in [2.24, 2.45) is 5.92 Å². The molecule has 1 aliphatic carbocycles. The van der Waals surface area contributed by atoms with Gasteiger partial charge in [-0.3, -0.25) is 9.69 Å². The predicted octanol–water partition coefficient (Wildman–Crippen LogP) is 1.60. The fourth-order valence-corrected chi connectivity index (χ4v) is 2.21. The van der Waals surface area contributed by atoms with Gasteiger partial charge in [0, 0.05) is 12.5 Å². The van der Waals surface area contributed by atoms with Crippen molar-refractivity contribution in [3.05, 3.63) is 0 Å². The van der Waals surface area contributed by atoms with E-state index in [4.69, 9.17) is 5.11 Å². The summed E-state index contributed by atoms with van der Waals surface area (Å²) in [6, 6.07) is 0. The number of nitrogens with zero attached hydrogens (tertiary/aromatic N) is 1. The minimum absolute atomic E-state index is 0.0792. The van der Waals surface area contributed by atoms with Crippen LogP contribution in [0.1, 0.15) is 25.7 Å². The van der Waals surface area contributed by atoms with Gasteiger partial charge >= 0.3 is 6.18 Å². The highest BCUT2D eigenvalue weighted by Crippen LogP contribution is 2.26. The molecule has 0 saturated heterocycles. The van der Waals surface area contributed by atoms with Gasteiger partial charge in [0.05, 0.1) is 19.7 Å². The van der Waals surface area contributed by atoms with Crippen molar-refractivity contribution in [3.8, 4) is 0 Å². The Balaban J connectivity index is 2.44. The SMILES string of the molecule is O=C(CN(CCO)CC(F)(F)F)C1CCCC1. The van der Waals surface area contributed by atoms with Gasteiger partial charge in [0.2, 0.25) is 0 Å². The summed E-state index contributed by atoms with van der Waals surface area (Å²) in [4.78, 5) is 12.7. The summed E-state index contributed by atoms with van der Waals surface area (Å²) in [7, 11) is 0. The Morgan fingerprint density at radius 2 is 1.88 bits per heavy atom. The molecule has 1 fully saturated rings. The molecule has 0 atom stereocenters. The number of carbonyl (C=O) groups is 1. The maximum Gasteiger partial charge on any atom is 0.401 e. The highest BCUT2D eigenvalue weighted by atomic mass is 19.4. The van der Waals surface area contributed by atoms with E-state index < -0.39 is 12.7 Å². The summed E-state index contributed by atoms with van der Waals surface area (Å²) in [5.74, 6) is -0.204. The average Bonchev–Trinajstić information content (AvgIpc) is 2.67. The van der Waals surface area contributed by atoms with Crippen LogP contribution < -0.4 is 0 Å². The molecule has 0 unspecified atom stereocenters. The lowest BCUT2D eigenvalue weighted by Crippen LogP contribution is -2.40. The Bertz CT molecular complexity index is 250. The van der Waals surface area contributed by atoms with Crippen molar-refractivity contribution in [3.63, 3.8) is 0 Å². The van der Waals surface area contributed by atoms with E-state index in [0.29, 0.717) is 0 Å². The molecule has 0 aromatic heterocycles. The zero-order chi connectivity index (χ0) is 12.9. The third-order valence-corrected chi connectivity index (χ3v) is 3.01. The highest BCUT2D eigenvalue weighted by molar-refractivity contribution is 5.83. The van der Waals surface area contributed by atoms with Crippen LogP contribution in [0.5, 0.6) is 0 Å². The Morgan fingerprint density at radius 3 is 2.35 bits per heavy atom. The number of alkyl halides is 3. The second kappa shape index (κ2) is 6.35. The molecular weight excluding hydrogens is 235 g/mol. The van der Waals surface area contributed by atoms with Crippen molar-refractivity contribution >= 4 is 5.78 Å². The molecule has 0 aromatic rings. The molecule has 0 aliphatic heterocycles. The van der Waals surface area contributed by atoms with Crippen molar-refractivity contribution in [2.45, 2.75) is 31.9 Å². The zero-order valence-electron chi connectivity index (χ0n) is 9.67. The van der Waals surface area contributed by atoms with Crippen molar-refractivity contribution in [1.82, 2.24) is 4.90 Å². The van der Waals surface area contributed by atoms with Crippen molar-refractivity contribution in [2.75, 3.05) is 26.2 Å². The number of carbonyl (C=O) groups excluding carboxylic acids is 1. The van der Waals surface area contributed by atoms with Crippen LogP contribution in [0.3, 0.4) is 0 Å². The lowest BCUT2D eigenvalue weighted by atomic mass is 10.0. The molecule has 0 spiro atoms. The monoisotopic (exact) mass is 253 g/mol. The van der Waals surface area contributed by atoms with E-state index in [2.05, 4.69) is 0 Å². The molecule has 0 bridgehead atoms. The number of Topliss-reactive ketones (excluding diaryl/α,β-unsaturated/α-hetero) is 1. The Morgan fingerprint density at radius 1 is 1.29 bits per heavy atom. The van der Waals surface area contributed by atoms with Gasteiger partial charge in [-0.05, 0) is 12.8 Å². The van der Waals surface area contributed by atoms with Gasteiger partial charge in [-0.2, -0.15) is 13.2 Å². The Hall–Kier alpha value is -0.620. The van der Waals surface area contributed by atoms with Crippen LogP contribution in [-0.2, 0) is 4.79 Å². The first-order valence-electron chi connectivity index (χ1n) is 5.85. The summed E-state index contributed by atoms with van der Waals surface area (Å²) < 4.78 is 36.7. The van der Waals surface area contributed by atoms with Crippen LogP contribution in [0.2, 0.25) is 0 Å². The molecule has 0 amide bonds. The lowest BCUT2D eigenvalue weighted by molar-refractivity contribution is -0.149. The third kappa shape index (κ3) is 5.50. The number of aliphatic hydroxyl groups is 1. The molecule has 100 valence electrons. The molecule has 0 aromatic carbocycles. The van der Waals surface area contributed by atoms with Crippen LogP contribution in [0.4, 0.5) is 13.2 Å². The maximum absolute atomic E-state index is 12.2. The fraction of sp³-hybridized carbons (Fsp3) is 0.909. The summed E-state index contributed by atoms with van der Waals surface area (Å²) in [5.41, 5.74) is 0. The van der Waals surface area contributed by atoms with Crippen LogP contribution in [0, 0.1) is 5.92 Å².